The van der Waals surface area contributed by atoms with Crippen molar-refractivity contribution < 1.29 is 14.3 Å². The lowest BCUT2D eigenvalue weighted by Crippen LogP contribution is -2.42. The average molecular weight is 384 g/mol. The van der Waals surface area contributed by atoms with Crippen LogP contribution in [0.4, 0.5) is 0 Å². The number of nitrogens with zero attached hydrogens (tertiary/aromatic N) is 2. The van der Waals surface area contributed by atoms with Gasteiger partial charge in [0.15, 0.2) is 6.61 Å². The van der Waals surface area contributed by atoms with Crippen LogP contribution in [0.3, 0.4) is 0 Å². The third-order valence-electron chi connectivity index (χ3n) is 4.04. The average Bonchev–Trinajstić information content (AvgIpc) is 2.60. The van der Waals surface area contributed by atoms with E-state index in [1.807, 2.05) is 6.07 Å². The van der Waals surface area contributed by atoms with E-state index in [2.05, 4.69) is 5.32 Å². The van der Waals surface area contributed by atoms with Gasteiger partial charge >= 0.3 is 0 Å². The Morgan fingerprint density at radius 1 is 1.32 bits per heavy atom. The summed E-state index contributed by atoms with van der Waals surface area (Å²) in [6, 6.07) is 6.68. The van der Waals surface area contributed by atoms with Crippen molar-refractivity contribution in [1.29, 1.82) is 5.26 Å². The summed E-state index contributed by atoms with van der Waals surface area (Å²) >= 11 is 11.8. The van der Waals surface area contributed by atoms with Crippen molar-refractivity contribution >= 4 is 35.0 Å². The molecule has 0 atom stereocenters. The van der Waals surface area contributed by atoms with Crippen LogP contribution in [0.2, 0.25) is 10.0 Å². The number of piperidine rings is 1. The molecule has 8 heteroatoms. The number of halogens is 2. The second-order valence-electron chi connectivity index (χ2n) is 5.83. The number of amides is 2. The normalized spacial score (nSPS) is 14.7. The molecule has 1 aliphatic rings. The molecule has 25 heavy (non-hydrogen) atoms. The number of likely N-dealkylation sites (tertiary alicyclic amines) is 1. The lowest BCUT2D eigenvalue weighted by molar-refractivity contribution is -0.131. The molecule has 0 unspecified atom stereocenters. The molecule has 6 nitrogen and oxygen atoms in total. The fourth-order valence-corrected chi connectivity index (χ4v) is 3.07. The number of nitriles is 1. The zero-order valence-electron chi connectivity index (χ0n) is 13.6. The van der Waals surface area contributed by atoms with Crippen LogP contribution in [-0.2, 0) is 9.59 Å². The fraction of sp³-hybridized carbons (Fsp3) is 0.471. The number of benzene rings is 1. The molecule has 1 aromatic rings. The molecule has 134 valence electrons. The second-order valence-corrected chi connectivity index (χ2v) is 6.67. The highest BCUT2D eigenvalue weighted by Gasteiger charge is 2.22. The lowest BCUT2D eigenvalue weighted by Gasteiger charge is -2.31. The first kappa shape index (κ1) is 19.4. The molecule has 1 N–H and O–H groups in total. The number of rotatable bonds is 6. The highest BCUT2D eigenvalue weighted by Crippen LogP contribution is 2.27. The third kappa shape index (κ3) is 6.11. The minimum atomic E-state index is -0.228. The Hall–Kier alpha value is -1.97. The van der Waals surface area contributed by atoms with Gasteiger partial charge in [0.25, 0.3) is 5.91 Å². The zero-order chi connectivity index (χ0) is 18.2. The highest BCUT2D eigenvalue weighted by atomic mass is 35.5. The van der Waals surface area contributed by atoms with E-state index in [9.17, 15) is 9.59 Å². The maximum absolute atomic E-state index is 11.9. The van der Waals surface area contributed by atoms with Gasteiger partial charge in [0.05, 0.1) is 11.1 Å². The van der Waals surface area contributed by atoms with Gasteiger partial charge in [0.2, 0.25) is 5.91 Å². The van der Waals surface area contributed by atoms with Crippen molar-refractivity contribution in [2.75, 3.05) is 26.2 Å². The molecular weight excluding hydrogens is 365 g/mol. The Labute approximate surface area is 156 Å². The fourth-order valence-electron chi connectivity index (χ4n) is 2.61. The van der Waals surface area contributed by atoms with Crippen LogP contribution in [0, 0.1) is 17.2 Å². The molecule has 1 saturated heterocycles. The van der Waals surface area contributed by atoms with Crippen molar-refractivity contribution in [3.63, 3.8) is 0 Å². The topological polar surface area (TPSA) is 82.4 Å². The van der Waals surface area contributed by atoms with E-state index >= 15 is 0 Å². The minimum Gasteiger partial charge on any atom is -0.482 e. The maximum atomic E-state index is 11.9. The Balaban J connectivity index is 1.67. The maximum Gasteiger partial charge on any atom is 0.257 e. The van der Waals surface area contributed by atoms with Gasteiger partial charge in [-0.1, -0.05) is 23.2 Å². The molecule has 1 fully saturated rings. The first-order valence-electron chi connectivity index (χ1n) is 7.99. The molecule has 0 saturated carbocycles. The number of carbonyl (C=O) groups excluding carboxylic acids is 2. The van der Waals surface area contributed by atoms with Gasteiger partial charge in [-0.15, -0.1) is 0 Å². The summed E-state index contributed by atoms with van der Waals surface area (Å²) in [7, 11) is 0. The van der Waals surface area contributed by atoms with Gasteiger partial charge in [-0.25, -0.2) is 0 Å². The first-order valence-corrected chi connectivity index (χ1v) is 8.74. The van der Waals surface area contributed by atoms with Crippen LogP contribution in [0.5, 0.6) is 5.75 Å². The van der Waals surface area contributed by atoms with Gasteiger partial charge in [-0.3, -0.25) is 9.59 Å². The van der Waals surface area contributed by atoms with Crippen LogP contribution in [0.1, 0.15) is 19.3 Å². The SMILES string of the molecule is N#CCC(=O)N1CCC(CNC(=O)COc2ccc(Cl)cc2Cl)CC1. The summed E-state index contributed by atoms with van der Waals surface area (Å²) in [6.07, 6.45) is 1.54. The van der Waals surface area contributed by atoms with Crippen LogP contribution in [0.15, 0.2) is 18.2 Å². The van der Waals surface area contributed by atoms with E-state index in [1.165, 1.54) is 0 Å². The van der Waals surface area contributed by atoms with Crippen molar-refractivity contribution in [3.05, 3.63) is 28.2 Å². The van der Waals surface area contributed by atoms with Crippen molar-refractivity contribution in [3.8, 4) is 11.8 Å². The van der Waals surface area contributed by atoms with Crippen LogP contribution in [0.25, 0.3) is 0 Å². The minimum absolute atomic E-state index is 0.0774. The third-order valence-corrected chi connectivity index (χ3v) is 4.57. The molecular formula is C17H19Cl2N3O3. The summed E-state index contributed by atoms with van der Waals surface area (Å²) in [6.45, 7) is 1.66. The summed E-state index contributed by atoms with van der Waals surface area (Å²) in [5.74, 6) is 0.368. The number of nitrogens with one attached hydrogen (secondary N) is 1. The quantitative estimate of drug-likeness (QED) is 0.818. The molecule has 1 aliphatic heterocycles. The van der Waals surface area contributed by atoms with Gasteiger partial charge in [-0.2, -0.15) is 5.26 Å². The predicted octanol–water partition coefficient (Wildman–Crippen LogP) is 2.64. The Morgan fingerprint density at radius 2 is 2.04 bits per heavy atom. The van der Waals surface area contributed by atoms with Crippen molar-refractivity contribution in [2.45, 2.75) is 19.3 Å². The molecule has 2 amide bonds. The Kier molecular flexibility index (Phi) is 7.35. The van der Waals surface area contributed by atoms with Gasteiger partial charge in [0, 0.05) is 24.7 Å². The van der Waals surface area contributed by atoms with Crippen LogP contribution in [-0.4, -0.2) is 43.0 Å². The van der Waals surface area contributed by atoms with E-state index < -0.39 is 0 Å². The molecule has 0 aliphatic carbocycles. The summed E-state index contributed by atoms with van der Waals surface area (Å²) in [5.41, 5.74) is 0. The largest absolute Gasteiger partial charge is 0.482 e. The zero-order valence-corrected chi connectivity index (χ0v) is 15.1. The number of hydrogen-bond acceptors (Lipinski definition) is 4. The van der Waals surface area contributed by atoms with Crippen molar-refractivity contribution in [1.82, 2.24) is 10.2 Å². The standard InChI is InChI=1S/C17H19Cl2N3O3/c18-13-1-2-15(14(19)9-13)25-11-16(23)21-10-12-4-7-22(8-5-12)17(24)3-6-20/h1-2,9,12H,3-5,7-8,10-11H2,(H,21,23). The Bertz CT molecular complexity index is 668. The number of carbonyl (C=O) groups is 2. The van der Waals surface area contributed by atoms with Gasteiger partial charge in [-0.05, 0) is 37.0 Å². The first-order chi connectivity index (χ1) is 12.0. The number of hydrogen-bond donors (Lipinski definition) is 1. The van der Waals surface area contributed by atoms with E-state index in [1.54, 1.807) is 23.1 Å². The highest BCUT2D eigenvalue weighted by molar-refractivity contribution is 6.35. The van der Waals surface area contributed by atoms with E-state index in [-0.39, 0.29) is 24.8 Å². The smallest absolute Gasteiger partial charge is 0.257 e. The van der Waals surface area contributed by atoms with E-state index in [0.717, 1.165) is 12.8 Å². The van der Waals surface area contributed by atoms with Gasteiger partial charge in [0.1, 0.15) is 12.2 Å². The van der Waals surface area contributed by atoms with Crippen molar-refractivity contribution in [2.24, 2.45) is 5.92 Å². The van der Waals surface area contributed by atoms with Crippen LogP contribution >= 0.6 is 23.2 Å². The van der Waals surface area contributed by atoms with E-state index in [4.69, 9.17) is 33.2 Å². The second kappa shape index (κ2) is 9.50. The summed E-state index contributed by atoms with van der Waals surface area (Å²) in [5, 5.41) is 12.2. The molecule has 0 aromatic heterocycles. The van der Waals surface area contributed by atoms with E-state index in [0.29, 0.717) is 41.3 Å². The molecule has 0 spiro atoms. The Morgan fingerprint density at radius 3 is 2.68 bits per heavy atom. The molecule has 1 heterocycles. The molecule has 0 radical (unpaired) electrons. The van der Waals surface area contributed by atoms with Gasteiger partial charge < -0.3 is 15.0 Å². The molecule has 1 aromatic carbocycles. The molecule has 0 bridgehead atoms. The predicted molar refractivity (Wildman–Crippen MR) is 94.5 cm³/mol. The molecule has 2 rings (SSSR count). The summed E-state index contributed by atoms with van der Waals surface area (Å²) in [4.78, 5) is 25.2. The monoisotopic (exact) mass is 383 g/mol. The van der Waals surface area contributed by atoms with Crippen LogP contribution < -0.4 is 10.1 Å². The lowest BCUT2D eigenvalue weighted by atomic mass is 9.96. The number of ether oxygens (including phenoxy) is 1. The summed E-state index contributed by atoms with van der Waals surface area (Å²) < 4.78 is 5.38.